The van der Waals surface area contributed by atoms with Crippen molar-refractivity contribution >= 4 is 28.2 Å². The van der Waals surface area contributed by atoms with Gasteiger partial charge in [0, 0.05) is 28.0 Å². The number of rotatable bonds is 6. The van der Waals surface area contributed by atoms with Crippen molar-refractivity contribution in [3.05, 3.63) is 47.9 Å². The summed E-state index contributed by atoms with van der Waals surface area (Å²) in [5, 5.41) is 22.7. The van der Waals surface area contributed by atoms with Gasteiger partial charge in [-0.15, -0.1) is 0 Å². The number of benzene rings is 1. The van der Waals surface area contributed by atoms with E-state index in [4.69, 9.17) is 15.2 Å². The number of nitrogens with zero attached hydrogens (tertiary/aromatic N) is 3. The number of nitrogens with two attached hydrogens (primary N) is 1. The van der Waals surface area contributed by atoms with Crippen LogP contribution in [0.2, 0.25) is 0 Å². The fourth-order valence-corrected chi connectivity index (χ4v) is 5.35. The summed E-state index contributed by atoms with van der Waals surface area (Å²) in [6, 6.07) is 9.43. The van der Waals surface area contributed by atoms with E-state index in [0.29, 0.717) is 28.5 Å². The van der Waals surface area contributed by atoms with E-state index in [9.17, 15) is 10.4 Å². The Hall–Kier alpha value is -2.64. The molecule has 0 bridgehead atoms. The van der Waals surface area contributed by atoms with Gasteiger partial charge in [0.1, 0.15) is 18.0 Å². The molecular formula is C23H27N5O3S. The van der Waals surface area contributed by atoms with Gasteiger partial charge in [0.25, 0.3) is 0 Å². The molecule has 0 spiro atoms. The van der Waals surface area contributed by atoms with E-state index in [1.54, 1.807) is 0 Å². The highest BCUT2D eigenvalue weighted by atomic mass is 32.2. The van der Waals surface area contributed by atoms with Crippen molar-refractivity contribution in [3.63, 3.8) is 0 Å². The van der Waals surface area contributed by atoms with Gasteiger partial charge in [-0.1, -0.05) is 30.5 Å². The van der Waals surface area contributed by atoms with Crippen LogP contribution < -0.4 is 11.1 Å². The molecule has 2 fully saturated rings. The highest BCUT2D eigenvalue weighted by Gasteiger charge is 2.54. The number of fused-ring (bicyclic) bond motifs is 1. The van der Waals surface area contributed by atoms with Gasteiger partial charge >= 0.3 is 0 Å². The maximum absolute atomic E-state index is 9.87. The second kappa shape index (κ2) is 8.71. The molecule has 2 aliphatic rings. The van der Waals surface area contributed by atoms with Crippen molar-refractivity contribution in [2.75, 3.05) is 17.7 Å². The largest absolute Gasteiger partial charge is 0.398 e. The number of aliphatic hydroxyl groups is 1. The molecule has 0 amide bonds. The van der Waals surface area contributed by atoms with Crippen LogP contribution in [0.15, 0.2) is 35.7 Å². The Balaban J connectivity index is 1.66. The number of hydrogen-bond donors (Lipinski definition) is 3. The van der Waals surface area contributed by atoms with Gasteiger partial charge in [-0.2, -0.15) is 5.26 Å². The molecule has 32 heavy (non-hydrogen) atoms. The summed E-state index contributed by atoms with van der Waals surface area (Å²) in [7, 11) is 0. The van der Waals surface area contributed by atoms with E-state index in [1.165, 1.54) is 11.8 Å². The highest BCUT2D eigenvalue weighted by molar-refractivity contribution is 8.08. The Bertz CT molecular complexity index is 1080. The average molecular weight is 454 g/mol. The summed E-state index contributed by atoms with van der Waals surface area (Å²) in [6.07, 6.45) is 0.190. The molecule has 4 N–H and O–H groups in total. The van der Waals surface area contributed by atoms with Crippen molar-refractivity contribution in [2.24, 2.45) is 5.92 Å². The normalized spacial score (nSPS) is 25.8. The van der Waals surface area contributed by atoms with Gasteiger partial charge in [0.15, 0.2) is 5.79 Å². The van der Waals surface area contributed by atoms with E-state index in [2.05, 4.69) is 21.9 Å². The van der Waals surface area contributed by atoms with Crippen LogP contribution in [0.5, 0.6) is 0 Å². The van der Waals surface area contributed by atoms with E-state index in [1.807, 2.05) is 51.1 Å². The fourth-order valence-electron chi connectivity index (χ4n) is 4.40. The first-order valence-electron chi connectivity index (χ1n) is 10.5. The van der Waals surface area contributed by atoms with Crippen LogP contribution in [0.1, 0.15) is 37.4 Å². The van der Waals surface area contributed by atoms with Crippen LogP contribution in [0.25, 0.3) is 4.91 Å². The summed E-state index contributed by atoms with van der Waals surface area (Å²) < 4.78 is 12.2. The second-order valence-electron chi connectivity index (χ2n) is 8.53. The molecule has 1 aliphatic heterocycles. The van der Waals surface area contributed by atoms with Gasteiger partial charge in [-0.3, -0.25) is 0 Å². The SMILES string of the molecule is C=C(Sc1ccccc1N)c1c(C)nc(C#N)nc1N[C@@H]1C[C@H](CO)[C@H]2OC(C)(C)O[C@H]21. The first-order chi connectivity index (χ1) is 15.2. The Kier molecular flexibility index (Phi) is 6.14. The van der Waals surface area contributed by atoms with Gasteiger partial charge in [0.05, 0.1) is 23.4 Å². The monoisotopic (exact) mass is 453 g/mol. The number of nitrogens with one attached hydrogen (secondary N) is 1. The van der Waals surface area contributed by atoms with Gasteiger partial charge in [0.2, 0.25) is 5.82 Å². The molecule has 0 radical (unpaired) electrons. The van der Waals surface area contributed by atoms with Gasteiger partial charge in [-0.25, -0.2) is 9.97 Å². The number of ether oxygens (including phenoxy) is 2. The molecule has 168 valence electrons. The number of para-hydroxylation sites is 1. The van der Waals surface area contributed by atoms with Crippen molar-refractivity contribution in [1.29, 1.82) is 5.26 Å². The van der Waals surface area contributed by atoms with E-state index in [-0.39, 0.29) is 36.6 Å². The topological polar surface area (TPSA) is 126 Å². The molecule has 9 heteroatoms. The van der Waals surface area contributed by atoms with E-state index < -0.39 is 5.79 Å². The Morgan fingerprint density at radius 3 is 2.75 bits per heavy atom. The number of aliphatic hydroxyl groups excluding tert-OH is 1. The first-order valence-corrected chi connectivity index (χ1v) is 11.3. The average Bonchev–Trinajstić information content (AvgIpc) is 3.22. The lowest BCUT2D eigenvalue weighted by molar-refractivity contribution is -0.158. The van der Waals surface area contributed by atoms with Crippen LogP contribution in [0.3, 0.4) is 0 Å². The maximum Gasteiger partial charge on any atom is 0.234 e. The molecule has 4 atom stereocenters. The lowest BCUT2D eigenvalue weighted by atomic mass is 10.1. The quantitative estimate of drug-likeness (QED) is 0.446. The van der Waals surface area contributed by atoms with Gasteiger partial charge in [-0.05, 0) is 39.3 Å². The van der Waals surface area contributed by atoms with E-state index in [0.717, 1.165) is 10.5 Å². The molecule has 2 heterocycles. The molecule has 1 saturated carbocycles. The van der Waals surface area contributed by atoms with Gasteiger partial charge < -0.3 is 25.6 Å². The summed E-state index contributed by atoms with van der Waals surface area (Å²) in [5.41, 5.74) is 8.13. The lowest BCUT2D eigenvalue weighted by Gasteiger charge is -2.25. The highest BCUT2D eigenvalue weighted by Crippen LogP contribution is 2.44. The smallest absolute Gasteiger partial charge is 0.234 e. The summed E-state index contributed by atoms with van der Waals surface area (Å²) in [6.45, 7) is 9.82. The molecule has 1 aliphatic carbocycles. The number of nitriles is 1. The third-order valence-electron chi connectivity index (χ3n) is 5.76. The van der Waals surface area contributed by atoms with Crippen LogP contribution in [0.4, 0.5) is 11.5 Å². The second-order valence-corrected chi connectivity index (χ2v) is 9.66. The summed E-state index contributed by atoms with van der Waals surface area (Å²) in [5.74, 6) is -0.197. The fraction of sp³-hybridized carbons (Fsp3) is 0.435. The number of hydrogen-bond acceptors (Lipinski definition) is 9. The van der Waals surface area contributed by atoms with Crippen LogP contribution >= 0.6 is 11.8 Å². The molecule has 1 aromatic heterocycles. The van der Waals surface area contributed by atoms with Crippen molar-refractivity contribution in [1.82, 2.24) is 9.97 Å². The Labute approximate surface area is 191 Å². The predicted octanol–water partition coefficient (Wildman–Crippen LogP) is 3.31. The minimum absolute atomic E-state index is 0.00767. The summed E-state index contributed by atoms with van der Waals surface area (Å²) >= 11 is 1.43. The first kappa shape index (κ1) is 22.6. The Morgan fingerprint density at radius 2 is 2.06 bits per heavy atom. The molecule has 4 rings (SSSR count). The number of thioether (sulfide) groups is 1. The maximum atomic E-state index is 9.87. The minimum Gasteiger partial charge on any atom is -0.398 e. The third kappa shape index (κ3) is 4.32. The zero-order valence-corrected chi connectivity index (χ0v) is 19.1. The summed E-state index contributed by atoms with van der Waals surface area (Å²) in [4.78, 5) is 10.4. The minimum atomic E-state index is -0.727. The zero-order chi connectivity index (χ0) is 23.0. The third-order valence-corrected chi connectivity index (χ3v) is 6.80. The standard InChI is InChI=1S/C23H27N5O3S/c1-12-19(13(2)32-17-8-6-5-7-15(17)25)22(28-18(10-24)26-12)27-16-9-14(11-29)20-21(16)31-23(3,4)30-20/h5-8,14,16,20-21,29H,2,9,11,25H2,1,3-4H3,(H,26,27,28)/t14-,16-,20-,21+/m1/s1. The lowest BCUT2D eigenvalue weighted by Crippen LogP contribution is -2.35. The Morgan fingerprint density at radius 1 is 1.34 bits per heavy atom. The van der Waals surface area contributed by atoms with Crippen LogP contribution in [0, 0.1) is 24.2 Å². The molecular weight excluding hydrogens is 426 g/mol. The molecule has 0 unspecified atom stereocenters. The van der Waals surface area contributed by atoms with E-state index >= 15 is 0 Å². The molecule has 1 aromatic carbocycles. The predicted molar refractivity (Wildman–Crippen MR) is 124 cm³/mol. The zero-order valence-electron chi connectivity index (χ0n) is 18.3. The number of anilines is 2. The van der Waals surface area contributed by atoms with Crippen molar-refractivity contribution in [2.45, 2.75) is 56.1 Å². The molecule has 1 saturated heterocycles. The molecule has 2 aromatic rings. The number of aromatic nitrogens is 2. The molecule has 8 nitrogen and oxygen atoms in total. The van der Waals surface area contributed by atoms with Crippen molar-refractivity contribution in [3.8, 4) is 6.07 Å². The van der Waals surface area contributed by atoms with Crippen molar-refractivity contribution < 1.29 is 14.6 Å². The number of nitrogen functional groups attached to an aromatic ring is 1. The van der Waals surface area contributed by atoms with Crippen LogP contribution in [-0.4, -0.2) is 45.7 Å². The number of aryl methyl sites for hydroxylation is 1. The van der Waals surface area contributed by atoms with Crippen LogP contribution in [-0.2, 0) is 9.47 Å².